The molecule has 0 aliphatic carbocycles. The van der Waals surface area contributed by atoms with Gasteiger partial charge in [0.1, 0.15) is 12.4 Å². The Morgan fingerprint density at radius 3 is 2.61 bits per heavy atom. The Morgan fingerprint density at radius 1 is 1.39 bits per heavy atom. The normalized spacial score (nSPS) is 11.9. The lowest BCUT2D eigenvalue weighted by Crippen LogP contribution is -2.30. The quantitative estimate of drug-likeness (QED) is 0.705. The molecule has 0 radical (unpaired) electrons. The van der Waals surface area contributed by atoms with Crippen molar-refractivity contribution in [3.05, 3.63) is 29.8 Å². The van der Waals surface area contributed by atoms with Gasteiger partial charge in [-0.1, -0.05) is 12.1 Å². The third-order valence-corrected chi connectivity index (χ3v) is 2.49. The zero-order chi connectivity index (χ0) is 13.4. The van der Waals surface area contributed by atoms with Crippen LogP contribution in [0.1, 0.15) is 18.5 Å². The molecule has 0 saturated carbocycles. The number of amides is 1. The lowest BCUT2D eigenvalue weighted by atomic mass is 10.1. The van der Waals surface area contributed by atoms with Crippen LogP contribution >= 0.6 is 0 Å². The molecule has 0 unspecified atom stereocenters. The summed E-state index contributed by atoms with van der Waals surface area (Å²) in [6.45, 7) is 2.77. The van der Waals surface area contributed by atoms with Crippen LogP contribution in [-0.4, -0.2) is 32.8 Å². The molecule has 0 aliphatic heterocycles. The van der Waals surface area contributed by atoms with Gasteiger partial charge in [0.05, 0.1) is 19.8 Å². The maximum absolute atomic E-state index is 11.5. The standard InChI is InChI=1S/C13H20N2O3/c1-10(15-13(16)9-18-8-7-14)11-3-5-12(17-2)6-4-11/h3-6,10H,7-9,14H2,1-2H3,(H,15,16)/t10-/m1/s1. The van der Waals surface area contributed by atoms with Crippen molar-refractivity contribution in [2.45, 2.75) is 13.0 Å². The van der Waals surface area contributed by atoms with E-state index in [0.717, 1.165) is 11.3 Å². The molecular formula is C13H20N2O3. The number of carbonyl (C=O) groups is 1. The van der Waals surface area contributed by atoms with Gasteiger partial charge in [0.15, 0.2) is 0 Å². The van der Waals surface area contributed by atoms with E-state index in [0.29, 0.717) is 13.2 Å². The van der Waals surface area contributed by atoms with Gasteiger partial charge in [-0.15, -0.1) is 0 Å². The van der Waals surface area contributed by atoms with Gasteiger partial charge in [-0.25, -0.2) is 0 Å². The Labute approximate surface area is 107 Å². The molecule has 3 N–H and O–H groups in total. The molecule has 100 valence electrons. The molecule has 0 bridgehead atoms. The number of hydrogen-bond acceptors (Lipinski definition) is 4. The SMILES string of the molecule is COc1ccc([C@@H](C)NC(=O)COCCN)cc1. The highest BCUT2D eigenvalue weighted by Gasteiger charge is 2.09. The molecular weight excluding hydrogens is 232 g/mol. The largest absolute Gasteiger partial charge is 0.497 e. The summed E-state index contributed by atoms with van der Waals surface area (Å²) in [6, 6.07) is 7.51. The molecule has 1 aromatic carbocycles. The molecule has 0 aromatic heterocycles. The number of benzene rings is 1. The zero-order valence-corrected chi connectivity index (χ0v) is 10.8. The van der Waals surface area contributed by atoms with Gasteiger partial charge < -0.3 is 20.5 Å². The zero-order valence-electron chi connectivity index (χ0n) is 10.8. The topological polar surface area (TPSA) is 73.6 Å². The molecule has 1 amide bonds. The molecule has 0 fully saturated rings. The summed E-state index contributed by atoms with van der Waals surface area (Å²) in [6.07, 6.45) is 0. The number of methoxy groups -OCH3 is 1. The van der Waals surface area contributed by atoms with E-state index in [4.69, 9.17) is 15.2 Å². The van der Waals surface area contributed by atoms with Crippen molar-refractivity contribution in [1.82, 2.24) is 5.32 Å². The van der Waals surface area contributed by atoms with Crippen LogP contribution in [0.5, 0.6) is 5.75 Å². The second-order valence-corrected chi connectivity index (χ2v) is 3.90. The molecule has 0 spiro atoms. The van der Waals surface area contributed by atoms with E-state index in [-0.39, 0.29) is 18.6 Å². The average Bonchev–Trinajstić information content (AvgIpc) is 2.39. The first-order chi connectivity index (χ1) is 8.67. The van der Waals surface area contributed by atoms with Gasteiger partial charge in [-0.3, -0.25) is 4.79 Å². The van der Waals surface area contributed by atoms with Crippen LogP contribution in [0.3, 0.4) is 0 Å². The highest BCUT2D eigenvalue weighted by Crippen LogP contribution is 2.16. The fraction of sp³-hybridized carbons (Fsp3) is 0.462. The number of carbonyl (C=O) groups excluding carboxylic acids is 1. The van der Waals surface area contributed by atoms with Gasteiger partial charge in [-0.05, 0) is 24.6 Å². The maximum Gasteiger partial charge on any atom is 0.246 e. The van der Waals surface area contributed by atoms with Crippen LogP contribution in [0, 0.1) is 0 Å². The number of ether oxygens (including phenoxy) is 2. The van der Waals surface area contributed by atoms with Crippen molar-refractivity contribution in [2.24, 2.45) is 5.73 Å². The summed E-state index contributed by atoms with van der Waals surface area (Å²) < 4.78 is 10.1. The van der Waals surface area contributed by atoms with E-state index in [2.05, 4.69) is 5.32 Å². The average molecular weight is 252 g/mol. The predicted octanol–water partition coefficient (Wildman–Crippen LogP) is 0.848. The third-order valence-electron chi connectivity index (χ3n) is 2.49. The summed E-state index contributed by atoms with van der Waals surface area (Å²) in [4.78, 5) is 11.5. The summed E-state index contributed by atoms with van der Waals surface area (Å²) >= 11 is 0. The molecule has 0 heterocycles. The van der Waals surface area contributed by atoms with Crippen molar-refractivity contribution >= 4 is 5.91 Å². The predicted molar refractivity (Wildman–Crippen MR) is 69.4 cm³/mol. The number of rotatable bonds is 7. The minimum Gasteiger partial charge on any atom is -0.497 e. The second-order valence-electron chi connectivity index (χ2n) is 3.90. The molecule has 5 nitrogen and oxygen atoms in total. The first kappa shape index (κ1) is 14.5. The minimum atomic E-state index is -0.147. The van der Waals surface area contributed by atoms with E-state index in [1.54, 1.807) is 7.11 Å². The van der Waals surface area contributed by atoms with Gasteiger partial charge in [0, 0.05) is 6.54 Å². The van der Waals surface area contributed by atoms with Crippen LogP contribution < -0.4 is 15.8 Å². The van der Waals surface area contributed by atoms with Gasteiger partial charge in [0.25, 0.3) is 0 Å². The Bertz CT molecular complexity index is 365. The first-order valence-corrected chi connectivity index (χ1v) is 5.88. The van der Waals surface area contributed by atoms with Crippen molar-refractivity contribution < 1.29 is 14.3 Å². The van der Waals surface area contributed by atoms with Gasteiger partial charge in [0.2, 0.25) is 5.91 Å². The van der Waals surface area contributed by atoms with Crippen molar-refractivity contribution in [3.8, 4) is 5.75 Å². The monoisotopic (exact) mass is 252 g/mol. The molecule has 0 saturated heterocycles. The smallest absolute Gasteiger partial charge is 0.246 e. The summed E-state index contributed by atoms with van der Waals surface area (Å²) in [5, 5.41) is 2.85. The van der Waals surface area contributed by atoms with Crippen molar-refractivity contribution in [3.63, 3.8) is 0 Å². The van der Waals surface area contributed by atoms with E-state index < -0.39 is 0 Å². The highest BCUT2D eigenvalue weighted by atomic mass is 16.5. The highest BCUT2D eigenvalue weighted by molar-refractivity contribution is 5.77. The number of nitrogens with two attached hydrogens (primary N) is 1. The van der Waals surface area contributed by atoms with Gasteiger partial charge in [-0.2, -0.15) is 0 Å². The Kier molecular flexibility index (Phi) is 6.18. The summed E-state index contributed by atoms with van der Waals surface area (Å²) in [5.41, 5.74) is 6.28. The number of nitrogens with one attached hydrogen (secondary N) is 1. The van der Waals surface area contributed by atoms with E-state index in [9.17, 15) is 4.79 Å². The first-order valence-electron chi connectivity index (χ1n) is 5.88. The van der Waals surface area contributed by atoms with Crippen molar-refractivity contribution in [2.75, 3.05) is 26.9 Å². The molecule has 1 aromatic rings. The Balaban J connectivity index is 2.43. The molecule has 1 rings (SSSR count). The lowest BCUT2D eigenvalue weighted by Gasteiger charge is -2.14. The van der Waals surface area contributed by atoms with E-state index >= 15 is 0 Å². The van der Waals surface area contributed by atoms with E-state index in [1.165, 1.54) is 0 Å². The third kappa shape index (κ3) is 4.73. The minimum absolute atomic E-state index is 0.0394. The van der Waals surface area contributed by atoms with Crippen molar-refractivity contribution in [1.29, 1.82) is 0 Å². The van der Waals surface area contributed by atoms with Crippen LogP contribution in [0.2, 0.25) is 0 Å². The molecule has 1 atom stereocenters. The van der Waals surface area contributed by atoms with E-state index in [1.807, 2.05) is 31.2 Å². The van der Waals surface area contributed by atoms with Gasteiger partial charge >= 0.3 is 0 Å². The molecule has 5 heteroatoms. The summed E-state index contributed by atoms with van der Waals surface area (Å²) in [7, 11) is 1.62. The summed E-state index contributed by atoms with van der Waals surface area (Å²) in [5.74, 6) is 0.648. The van der Waals surface area contributed by atoms with Crippen LogP contribution in [0.15, 0.2) is 24.3 Å². The second kappa shape index (κ2) is 7.68. The van der Waals surface area contributed by atoms with Crippen LogP contribution in [0.25, 0.3) is 0 Å². The number of hydrogen-bond donors (Lipinski definition) is 2. The Hall–Kier alpha value is -1.59. The van der Waals surface area contributed by atoms with Crippen LogP contribution in [-0.2, 0) is 9.53 Å². The Morgan fingerprint density at radius 2 is 2.06 bits per heavy atom. The fourth-order valence-electron chi connectivity index (χ4n) is 1.51. The lowest BCUT2D eigenvalue weighted by molar-refractivity contribution is -0.126. The molecule has 18 heavy (non-hydrogen) atoms. The van der Waals surface area contributed by atoms with Crippen LogP contribution in [0.4, 0.5) is 0 Å². The fourth-order valence-corrected chi connectivity index (χ4v) is 1.51. The molecule has 0 aliphatic rings. The maximum atomic E-state index is 11.5.